The summed E-state index contributed by atoms with van der Waals surface area (Å²) in [7, 11) is -3.72. The number of sulfonamides is 1. The molecule has 4 rings (SSSR count). The molecule has 1 N–H and O–H groups in total. The van der Waals surface area contributed by atoms with E-state index in [9.17, 15) is 18.0 Å². The smallest absolute Gasteiger partial charge is 0.256 e. The normalized spacial score (nSPS) is 14.8. The number of amides is 1. The first-order valence-electron chi connectivity index (χ1n) is 15.1. The fourth-order valence-corrected chi connectivity index (χ4v) is 7.03. The van der Waals surface area contributed by atoms with E-state index >= 15 is 0 Å². The summed E-state index contributed by atoms with van der Waals surface area (Å²) in [6.45, 7) is 8.78. The lowest BCUT2D eigenvalue weighted by atomic mass is 10.1. The number of fused-ring (bicyclic) bond motifs is 1. The molecule has 2 heterocycles. The summed E-state index contributed by atoms with van der Waals surface area (Å²) in [5.41, 5.74) is 1.48. The molecule has 0 unspecified atom stereocenters. The molecule has 2 aromatic carbocycles. The second kappa shape index (κ2) is 14.8. The van der Waals surface area contributed by atoms with Gasteiger partial charge in [-0.3, -0.25) is 14.5 Å². The van der Waals surface area contributed by atoms with E-state index in [4.69, 9.17) is 0 Å². The van der Waals surface area contributed by atoms with Gasteiger partial charge < -0.3 is 9.88 Å². The maximum atomic E-state index is 13.5. The van der Waals surface area contributed by atoms with E-state index < -0.39 is 21.4 Å². The van der Waals surface area contributed by atoms with Gasteiger partial charge in [-0.25, -0.2) is 8.42 Å². The number of unbranched alkanes of at least 4 members (excludes halogenated alkanes) is 1. The third-order valence-electron chi connectivity index (χ3n) is 7.85. The minimum atomic E-state index is -3.72. The molecule has 9 heteroatoms. The molecular weight excluding hydrogens is 536 g/mol. The monoisotopic (exact) mass is 580 g/mol. The van der Waals surface area contributed by atoms with Gasteiger partial charge in [0.15, 0.2) is 0 Å². The highest BCUT2D eigenvalue weighted by molar-refractivity contribution is 7.89. The summed E-state index contributed by atoms with van der Waals surface area (Å²) in [6.07, 6.45) is 8.30. The van der Waals surface area contributed by atoms with Crippen LogP contribution in [0.3, 0.4) is 0 Å². The fraction of sp³-hybridized carbons (Fsp3) is 0.500. The average molecular weight is 581 g/mol. The number of nitrogens with one attached hydrogen (secondary N) is 1. The first-order chi connectivity index (χ1) is 19.8. The van der Waals surface area contributed by atoms with Crippen LogP contribution in [0.5, 0.6) is 0 Å². The number of pyridine rings is 1. The number of nitrogens with zero attached hydrogens (tertiary/aromatic N) is 3. The summed E-state index contributed by atoms with van der Waals surface area (Å²) in [4.78, 5) is 29.2. The Bertz CT molecular complexity index is 1460. The summed E-state index contributed by atoms with van der Waals surface area (Å²) in [5.74, 6) is -0.428. The third kappa shape index (κ3) is 7.84. The van der Waals surface area contributed by atoms with Gasteiger partial charge >= 0.3 is 0 Å². The maximum Gasteiger partial charge on any atom is 0.256 e. The van der Waals surface area contributed by atoms with Crippen LogP contribution in [0.15, 0.2) is 64.4 Å². The predicted octanol–water partition coefficient (Wildman–Crippen LogP) is 5.01. The van der Waals surface area contributed by atoms with Crippen LogP contribution < -0.4 is 10.7 Å². The topological polar surface area (TPSA) is 91.7 Å². The zero-order valence-corrected chi connectivity index (χ0v) is 25.3. The number of hydrogen-bond acceptors (Lipinski definition) is 5. The predicted molar refractivity (Wildman–Crippen MR) is 165 cm³/mol. The van der Waals surface area contributed by atoms with Gasteiger partial charge in [0.1, 0.15) is 5.56 Å². The number of carbonyl (C=O) groups excluding carboxylic acids is 1. The number of rotatable bonds is 13. The molecule has 0 spiro atoms. The number of benzene rings is 2. The Kier molecular flexibility index (Phi) is 11.1. The van der Waals surface area contributed by atoms with Gasteiger partial charge in [0, 0.05) is 50.9 Å². The maximum absolute atomic E-state index is 13.5. The SMILES string of the molecule is CCCCN(CCCNC(=O)c1cn(CC)c2ccc(S(=O)(=O)N3CCCCCC3)cc2c1=O)Cc1ccccc1. The third-order valence-corrected chi connectivity index (χ3v) is 9.75. The van der Waals surface area contributed by atoms with Gasteiger partial charge in [-0.15, -0.1) is 0 Å². The molecular formula is C32H44N4O4S. The van der Waals surface area contributed by atoms with E-state index in [1.807, 2.05) is 29.7 Å². The van der Waals surface area contributed by atoms with Crippen LogP contribution in [0.25, 0.3) is 10.9 Å². The van der Waals surface area contributed by atoms with Crippen molar-refractivity contribution in [1.29, 1.82) is 0 Å². The van der Waals surface area contributed by atoms with E-state index in [1.165, 1.54) is 15.9 Å². The Morgan fingerprint density at radius 3 is 2.34 bits per heavy atom. The van der Waals surface area contributed by atoms with Crippen molar-refractivity contribution in [1.82, 2.24) is 19.1 Å². The van der Waals surface area contributed by atoms with E-state index in [2.05, 4.69) is 29.3 Å². The quantitative estimate of drug-likeness (QED) is 0.287. The van der Waals surface area contributed by atoms with Gasteiger partial charge in [-0.2, -0.15) is 4.31 Å². The standard InChI is InChI=1S/C32H44N4O4S/c1-3-5-19-34(24-26-14-9-8-10-15-26)20-13-18-33-32(38)29-25-35(4-2)30-17-16-27(23-28(30)31(29)37)41(39,40)36-21-11-6-7-12-22-36/h8-10,14-17,23,25H,3-7,11-13,18-22,24H2,1-2H3,(H,33,38). The molecule has 8 nitrogen and oxygen atoms in total. The molecule has 1 aliphatic heterocycles. The van der Waals surface area contributed by atoms with Crippen molar-refractivity contribution >= 4 is 26.8 Å². The largest absolute Gasteiger partial charge is 0.352 e. The van der Waals surface area contributed by atoms with Crippen molar-refractivity contribution < 1.29 is 13.2 Å². The molecule has 222 valence electrons. The molecule has 0 atom stereocenters. The lowest BCUT2D eigenvalue weighted by Gasteiger charge is -2.22. The second-order valence-corrected chi connectivity index (χ2v) is 12.8. The van der Waals surface area contributed by atoms with Crippen LogP contribution >= 0.6 is 0 Å². The highest BCUT2D eigenvalue weighted by Gasteiger charge is 2.26. The molecule has 0 aliphatic carbocycles. The van der Waals surface area contributed by atoms with Gasteiger partial charge in [0.25, 0.3) is 5.91 Å². The van der Waals surface area contributed by atoms with E-state index in [0.29, 0.717) is 31.7 Å². The van der Waals surface area contributed by atoms with Crippen molar-refractivity contribution in [2.45, 2.75) is 76.8 Å². The number of carbonyl (C=O) groups is 1. The van der Waals surface area contributed by atoms with E-state index in [1.54, 1.807) is 18.3 Å². The Morgan fingerprint density at radius 2 is 1.66 bits per heavy atom. The molecule has 1 aliphatic rings. The molecule has 1 saturated heterocycles. The lowest BCUT2D eigenvalue weighted by Crippen LogP contribution is -2.33. The first kappa shape index (κ1) is 30.9. The number of aromatic nitrogens is 1. The molecule has 0 saturated carbocycles. The lowest BCUT2D eigenvalue weighted by molar-refractivity contribution is 0.0949. The molecule has 1 amide bonds. The second-order valence-electron chi connectivity index (χ2n) is 10.9. The average Bonchev–Trinajstić information content (AvgIpc) is 3.29. The molecule has 41 heavy (non-hydrogen) atoms. The van der Waals surface area contributed by atoms with Crippen molar-refractivity contribution in [2.75, 3.05) is 32.7 Å². The Morgan fingerprint density at radius 1 is 0.951 bits per heavy atom. The zero-order chi connectivity index (χ0) is 29.2. The summed E-state index contributed by atoms with van der Waals surface area (Å²) in [6, 6.07) is 15.1. The fourth-order valence-electron chi connectivity index (χ4n) is 5.48. The van der Waals surface area contributed by atoms with Crippen LogP contribution in [0.1, 0.15) is 74.7 Å². The van der Waals surface area contributed by atoms with Gasteiger partial charge in [0.2, 0.25) is 15.5 Å². The number of hydrogen-bond donors (Lipinski definition) is 1. The van der Waals surface area contributed by atoms with Crippen molar-refractivity contribution in [2.24, 2.45) is 0 Å². The summed E-state index contributed by atoms with van der Waals surface area (Å²) >= 11 is 0. The Balaban J connectivity index is 1.48. The molecule has 0 bridgehead atoms. The van der Waals surface area contributed by atoms with E-state index in [0.717, 1.165) is 64.6 Å². The minimum absolute atomic E-state index is 0.0378. The van der Waals surface area contributed by atoms with Gasteiger partial charge in [-0.1, -0.05) is 56.5 Å². The highest BCUT2D eigenvalue weighted by atomic mass is 32.2. The van der Waals surface area contributed by atoms with Crippen LogP contribution in [0.2, 0.25) is 0 Å². The van der Waals surface area contributed by atoms with Crippen molar-refractivity contribution in [3.05, 3.63) is 76.1 Å². The van der Waals surface area contributed by atoms with Crippen molar-refractivity contribution in [3.63, 3.8) is 0 Å². The molecule has 1 aromatic heterocycles. The van der Waals surface area contributed by atoms with Crippen LogP contribution in [-0.4, -0.2) is 60.8 Å². The number of aryl methyl sites for hydroxylation is 1. The van der Waals surface area contributed by atoms with E-state index in [-0.39, 0.29) is 15.8 Å². The molecule has 0 radical (unpaired) electrons. The molecule has 3 aromatic rings. The Labute approximate surface area is 244 Å². The van der Waals surface area contributed by atoms with Gasteiger partial charge in [-0.05, 0) is 62.9 Å². The summed E-state index contributed by atoms with van der Waals surface area (Å²) in [5, 5.41) is 3.18. The van der Waals surface area contributed by atoms with Crippen LogP contribution in [-0.2, 0) is 23.1 Å². The summed E-state index contributed by atoms with van der Waals surface area (Å²) < 4.78 is 30.2. The first-order valence-corrected chi connectivity index (χ1v) is 16.5. The highest BCUT2D eigenvalue weighted by Crippen LogP contribution is 2.23. The van der Waals surface area contributed by atoms with Crippen LogP contribution in [0, 0.1) is 0 Å². The molecule has 1 fully saturated rings. The van der Waals surface area contributed by atoms with Crippen molar-refractivity contribution in [3.8, 4) is 0 Å². The van der Waals surface area contributed by atoms with Crippen LogP contribution in [0.4, 0.5) is 0 Å². The Hall–Kier alpha value is -3.01. The zero-order valence-electron chi connectivity index (χ0n) is 24.5. The minimum Gasteiger partial charge on any atom is -0.352 e. The van der Waals surface area contributed by atoms with Gasteiger partial charge in [0.05, 0.1) is 10.4 Å².